The van der Waals surface area contributed by atoms with E-state index in [4.69, 9.17) is 0 Å². The van der Waals surface area contributed by atoms with Crippen molar-refractivity contribution in [2.45, 2.75) is 32.0 Å². The predicted molar refractivity (Wildman–Crippen MR) is 85.3 cm³/mol. The summed E-state index contributed by atoms with van der Waals surface area (Å²) in [7, 11) is 0. The summed E-state index contributed by atoms with van der Waals surface area (Å²) < 4.78 is 0. The number of aromatic hydroxyl groups is 1. The molecule has 0 aliphatic carbocycles. The number of aromatic nitrogens is 1. The van der Waals surface area contributed by atoms with Gasteiger partial charge in [-0.2, -0.15) is 0 Å². The van der Waals surface area contributed by atoms with Gasteiger partial charge in [-0.3, -0.25) is 9.69 Å². The third-order valence-corrected chi connectivity index (χ3v) is 5.13. The van der Waals surface area contributed by atoms with Crippen LogP contribution in [0.5, 0.6) is 5.75 Å². The van der Waals surface area contributed by atoms with Crippen LogP contribution < -0.4 is 0 Å². The first kappa shape index (κ1) is 15.9. The number of phenols is 1. The smallest absolute Gasteiger partial charge is 0.312 e. The Hall–Kier alpha value is -1.96. The minimum absolute atomic E-state index is 0.0879. The molecule has 1 aliphatic rings. The highest BCUT2D eigenvalue weighted by atomic mass is 32.1. The Morgan fingerprint density at radius 1 is 1.52 bits per heavy atom. The van der Waals surface area contributed by atoms with E-state index in [0.29, 0.717) is 25.2 Å². The summed E-state index contributed by atoms with van der Waals surface area (Å²) in [6.45, 7) is 3.22. The lowest BCUT2D eigenvalue weighted by Crippen LogP contribution is -2.36. The molecule has 23 heavy (non-hydrogen) atoms. The summed E-state index contributed by atoms with van der Waals surface area (Å²) in [5.41, 5.74) is 1.59. The number of aliphatic hydroxyl groups excluding tert-OH is 1. The van der Waals surface area contributed by atoms with E-state index in [-0.39, 0.29) is 5.75 Å². The van der Waals surface area contributed by atoms with E-state index in [1.54, 1.807) is 31.3 Å². The molecular weight excluding hydrogens is 316 g/mol. The maximum atomic E-state index is 11.6. The van der Waals surface area contributed by atoms with Crippen molar-refractivity contribution in [3.63, 3.8) is 0 Å². The zero-order valence-corrected chi connectivity index (χ0v) is 13.5. The van der Waals surface area contributed by atoms with E-state index in [0.717, 1.165) is 15.4 Å². The fourth-order valence-corrected chi connectivity index (χ4v) is 3.73. The molecule has 3 N–H and O–H groups in total. The van der Waals surface area contributed by atoms with Gasteiger partial charge in [-0.15, -0.1) is 11.3 Å². The molecule has 0 radical (unpaired) electrons. The van der Waals surface area contributed by atoms with Crippen molar-refractivity contribution in [2.75, 3.05) is 6.54 Å². The first-order chi connectivity index (χ1) is 10.9. The summed E-state index contributed by atoms with van der Waals surface area (Å²) in [6, 6.07) is 4.90. The lowest BCUT2D eigenvalue weighted by molar-refractivity contribution is -0.139. The van der Waals surface area contributed by atoms with Gasteiger partial charge in [0.05, 0.1) is 23.4 Å². The Kier molecular flexibility index (Phi) is 4.34. The van der Waals surface area contributed by atoms with E-state index in [1.165, 1.54) is 11.3 Å². The molecule has 1 aromatic carbocycles. The molecule has 0 saturated carbocycles. The summed E-state index contributed by atoms with van der Waals surface area (Å²) in [5, 5.41) is 29.5. The van der Waals surface area contributed by atoms with Crippen LogP contribution in [0.1, 0.15) is 40.0 Å². The molecule has 122 valence electrons. The minimum Gasteiger partial charge on any atom is -0.508 e. The van der Waals surface area contributed by atoms with Gasteiger partial charge in [-0.05, 0) is 30.2 Å². The molecule has 1 aliphatic heterocycles. The molecule has 3 rings (SSSR count). The highest BCUT2D eigenvalue weighted by Gasteiger charge is 2.31. The fourth-order valence-electron chi connectivity index (χ4n) is 2.83. The van der Waals surface area contributed by atoms with Crippen LogP contribution in [0.15, 0.2) is 24.4 Å². The van der Waals surface area contributed by atoms with E-state index < -0.39 is 18.0 Å². The molecular formula is C16H18N2O4S. The van der Waals surface area contributed by atoms with Crippen LogP contribution in [0, 0.1) is 0 Å². The molecule has 0 bridgehead atoms. The van der Waals surface area contributed by atoms with Gasteiger partial charge in [0.15, 0.2) is 0 Å². The van der Waals surface area contributed by atoms with Crippen LogP contribution in [0.2, 0.25) is 0 Å². The van der Waals surface area contributed by atoms with Gasteiger partial charge in [-0.1, -0.05) is 6.07 Å². The Morgan fingerprint density at radius 2 is 2.30 bits per heavy atom. The van der Waals surface area contributed by atoms with Gasteiger partial charge < -0.3 is 15.3 Å². The molecule has 1 aromatic heterocycles. The first-order valence-corrected chi connectivity index (χ1v) is 8.15. The number of phenolic OH excluding ortho intramolecular Hbond substituents is 1. The molecule has 2 unspecified atom stereocenters. The summed E-state index contributed by atoms with van der Waals surface area (Å²) in [5.74, 6) is -1.47. The number of nitrogens with zero attached hydrogens (tertiary/aromatic N) is 2. The van der Waals surface area contributed by atoms with Crippen LogP contribution in [0.25, 0.3) is 0 Å². The minimum atomic E-state index is -0.898. The fraction of sp³-hybridized carbons (Fsp3) is 0.375. The largest absolute Gasteiger partial charge is 0.508 e. The van der Waals surface area contributed by atoms with Crippen molar-refractivity contribution in [1.82, 2.24) is 9.88 Å². The molecule has 2 aromatic rings. The second-order valence-electron chi connectivity index (χ2n) is 5.78. The molecule has 0 spiro atoms. The zero-order chi connectivity index (χ0) is 16.6. The molecule has 6 nitrogen and oxygen atoms in total. The number of benzene rings is 1. The number of fused-ring (bicyclic) bond motifs is 1. The van der Waals surface area contributed by atoms with Gasteiger partial charge in [0, 0.05) is 19.3 Å². The Labute approximate surface area is 137 Å². The topological polar surface area (TPSA) is 93.9 Å². The van der Waals surface area contributed by atoms with Gasteiger partial charge in [-0.25, -0.2) is 4.98 Å². The lowest BCUT2D eigenvalue weighted by atomic mass is 9.89. The number of hydrogen-bond acceptors (Lipinski definition) is 6. The number of aliphatic carboxylic acids is 1. The maximum absolute atomic E-state index is 11.6. The zero-order valence-electron chi connectivity index (χ0n) is 12.6. The molecule has 7 heteroatoms. The number of carbonyl (C=O) groups is 1. The van der Waals surface area contributed by atoms with Crippen LogP contribution in [0.4, 0.5) is 0 Å². The monoisotopic (exact) mass is 334 g/mol. The van der Waals surface area contributed by atoms with Crippen LogP contribution in [-0.4, -0.2) is 37.7 Å². The van der Waals surface area contributed by atoms with Crippen molar-refractivity contribution >= 4 is 17.3 Å². The predicted octanol–water partition coefficient (Wildman–Crippen LogP) is 2.09. The van der Waals surface area contributed by atoms with Crippen molar-refractivity contribution in [3.05, 3.63) is 45.4 Å². The number of carboxylic acid groups (broad SMARTS) is 1. The van der Waals surface area contributed by atoms with Crippen LogP contribution >= 0.6 is 11.3 Å². The molecule has 2 atom stereocenters. The molecule has 2 heterocycles. The van der Waals surface area contributed by atoms with Gasteiger partial charge >= 0.3 is 5.97 Å². The maximum Gasteiger partial charge on any atom is 0.312 e. The third-order valence-electron chi connectivity index (χ3n) is 3.98. The van der Waals surface area contributed by atoms with E-state index in [2.05, 4.69) is 4.98 Å². The average molecular weight is 334 g/mol. The highest BCUT2D eigenvalue weighted by Crippen LogP contribution is 2.32. The third kappa shape index (κ3) is 3.36. The highest BCUT2D eigenvalue weighted by molar-refractivity contribution is 7.11. The summed E-state index contributed by atoms with van der Waals surface area (Å²) in [6.07, 6.45) is 1.12. The first-order valence-electron chi connectivity index (χ1n) is 7.33. The normalized spacial score (nSPS) is 19.3. The van der Waals surface area contributed by atoms with Gasteiger partial charge in [0.25, 0.3) is 0 Å². The average Bonchev–Trinajstić information content (AvgIpc) is 2.95. The quantitative estimate of drug-likeness (QED) is 0.793. The number of thiazole rings is 1. The second kappa shape index (κ2) is 6.27. The van der Waals surface area contributed by atoms with Crippen LogP contribution in [0.3, 0.4) is 0 Å². The van der Waals surface area contributed by atoms with E-state index >= 15 is 0 Å². The lowest BCUT2D eigenvalue weighted by Gasteiger charge is -2.32. The van der Waals surface area contributed by atoms with Crippen molar-refractivity contribution in [3.8, 4) is 5.75 Å². The Morgan fingerprint density at radius 3 is 2.96 bits per heavy atom. The van der Waals surface area contributed by atoms with Gasteiger partial charge in [0.1, 0.15) is 10.8 Å². The van der Waals surface area contributed by atoms with Gasteiger partial charge in [0.2, 0.25) is 0 Å². The van der Waals surface area contributed by atoms with E-state index in [9.17, 15) is 20.1 Å². The Bertz CT molecular complexity index is 729. The van der Waals surface area contributed by atoms with E-state index in [1.807, 2.05) is 4.90 Å². The number of aliphatic hydroxyl groups is 1. The summed E-state index contributed by atoms with van der Waals surface area (Å²) in [4.78, 5) is 18.7. The SMILES string of the molecule is CC(O)c1cnc(CN2Cc3ccc(O)cc3C(C(=O)O)C2)s1. The number of carboxylic acids is 1. The second-order valence-corrected chi connectivity index (χ2v) is 6.92. The molecule has 0 amide bonds. The summed E-state index contributed by atoms with van der Waals surface area (Å²) >= 11 is 1.44. The number of rotatable bonds is 4. The van der Waals surface area contributed by atoms with Crippen molar-refractivity contribution in [1.29, 1.82) is 0 Å². The van der Waals surface area contributed by atoms with Crippen molar-refractivity contribution in [2.24, 2.45) is 0 Å². The molecule has 0 fully saturated rings. The van der Waals surface area contributed by atoms with Crippen LogP contribution in [-0.2, 0) is 17.9 Å². The standard InChI is InChI=1S/C16H18N2O4S/c1-9(19)14-5-17-15(23-14)8-18-6-10-2-3-11(20)4-12(10)13(7-18)16(21)22/h2-5,9,13,19-20H,6-8H2,1H3,(H,21,22). The van der Waals surface area contributed by atoms with Crippen molar-refractivity contribution < 1.29 is 20.1 Å². The Balaban J connectivity index is 1.82. The molecule has 0 saturated heterocycles. The number of hydrogen-bond donors (Lipinski definition) is 3.